The van der Waals surface area contributed by atoms with E-state index in [1.54, 1.807) is 24.0 Å². The quantitative estimate of drug-likeness (QED) is 0.929. The minimum absolute atomic E-state index is 0.119. The first-order chi connectivity index (χ1) is 9.41. The second kappa shape index (κ2) is 5.56. The fourth-order valence-electron chi connectivity index (χ4n) is 2.08. The number of halogens is 3. The van der Waals surface area contributed by atoms with Crippen LogP contribution < -0.4 is 5.32 Å². The Labute approximate surface area is 115 Å². The maximum absolute atomic E-state index is 12.9. The zero-order valence-corrected chi connectivity index (χ0v) is 11.3. The van der Waals surface area contributed by atoms with Crippen molar-refractivity contribution in [1.29, 1.82) is 0 Å². The van der Waals surface area contributed by atoms with E-state index < -0.39 is 11.7 Å². The molecule has 2 rings (SSSR count). The molecule has 0 aliphatic rings. The molecule has 0 fully saturated rings. The largest absolute Gasteiger partial charge is 0.416 e. The number of alkyl halides is 3. The minimum Gasteiger partial charge on any atom is -0.378 e. The summed E-state index contributed by atoms with van der Waals surface area (Å²) >= 11 is 0. The minimum atomic E-state index is -4.33. The lowest BCUT2D eigenvalue weighted by Gasteiger charge is -2.13. The predicted molar refractivity (Wildman–Crippen MR) is 71.4 cm³/mol. The van der Waals surface area contributed by atoms with Crippen molar-refractivity contribution in [3.63, 3.8) is 0 Å². The number of aryl methyl sites for hydroxylation is 2. The molecule has 3 nitrogen and oxygen atoms in total. The number of hydrogen-bond acceptors (Lipinski definition) is 2. The number of anilines is 1. The average molecular weight is 283 g/mol. The van der Waals surface area contributed by atoms with Crippen molar-refractivity contribution in [2.24, 2.45) is 7.05 Å². The third-order valence-corrected chi connectivity index (χ3v) is 3.03. The van der Waals surface area contributed by atoms with E-state index in [2.05, 4.69) is 10.4 Å². The van der Waals surface area contributed by atoms with Gasteiger partial charge in [-0.25, -0.2) is 0 Å². The maximum Gasteiger partial charge on any atom is 0.416 e. The van der Waals surface area contributed by atoms with Crippen molar-refractivity contribution in [1.82, 2.24) is 9.78 Å². The lowest BCUT2D eigenvalue weighted by Crippen LogP contribution is -2.11. The Morgan fingerprint density at radius 1 is 1.25 bits per heavy atom. The molecule has 0 bridgehead atoms. The molecule has 1 heterocycles. The van der Waals surface area contributed by atoms with Gasteiger partial charge in [0.1, 0.15) is 0 Å². The molecule has 108 valence electrons. The van der Waals surface area contributed by atoms with E-state index in [0.29, 0.717) is 0 Å². The van der Waals surface area contributed by atoms with Gasteiger partial charge >= 0.3 is 6.18 Å². The molecule has 2 aromatic rings. The first kappa shape index (κ1) is 14.4. The maximum atomic E-state index is 12.9. The van der Waals surface area contributed by atoms with E-state index >= 15 is 0 Å². The molecule has 0 aliphatic carbocycles. The zero-order chi connectivity index (χ0) is 14.8. The summed E-state index contributed by atoms with van der Waals surface area (Å²) in [4.78, 5) is 0. The Morgan fingerprint density at radius 3 is 2.60 bits per heavy atom. The highest BCUT2D eigenvalue weighted by molar-refractivity contribution is 5.47. The van der Waals surface area contributed by atoms with Gasteiger partial charge in [-0.15, -0.1) is 0 Å². The SMILES string of the molecule is CCc1nn(C)cc1NCc1ccccc1C(F)(F)F. The summed E-state index contributed by atoms with van der Waals surface area (Å²) in [7, 11) is 1.79. The molecule has 0 amide bonds. The van der Waals surface area contributed by atoms with E-state index in [0.717, 1.165) is 23.9 Å². The van der Waals surface area contributed by atoms with Gasteiger partial charge in [-0.3, -0.25) is 4.68 Å². The van der Waals surface area contributed by atoms with Crippen molar-refractivity contribution >= 4 is 5.69 Å². The van der Waals surface area contributed by atoms with Crippen LogP contribution in [0, 0.1) is 0 Å². The molecule has 0 saturated carbocycles. The van der Waals surface area contributed by atoms with Crippen molar-refractivity contribution in [3.05, 3.63) is 47.3 Å². The van der Waals surface area contributed by atoms with Gasteiger partial charge in [0.2, 0.25) is 0 Å². The van der Waals surface area contributed by atoms with Crippen LogP contribution in [0.3, 0.4) is 0 Å². The standard InChI is InChI=1S/C14H16F3N3/c1-3-12-13(9-20(2)19-12)18-8-10-6-4-5-7-11(10)14(15,16)17/h4-7,9,18H,3,8H2,1-2H3. The average Bonchev–Trinajstić information content (AvgIpc) is 2.76. The van der Waals surface area contributed by atoms with E-state index in [4.69, 9.17) is 0 Å². The van der Waals surface area contributed by atoms with Crippen LogP contribution in [0.15, 0.2) is 30.5 Å². The predicted octanol–water partition coefficient (Wildman–Crippen LogP) is 3.61. The van der Waals surface area contributed by atoms with Gasteiger partial charge in [0, 0.05) is 19.8 Å². The van der Waals surface area contributed by atoms with Gasteiger partial charge in [0.15, 0.2) is 0 Å². The Balaban J connectivity index is 2.19. The van der Waals surface area contributed by atoms with Crippen LogP contribution >= 0.6 is 0 Å². The molecule has 0 aliphatic heterocycles. The number of benzene rings is 1. The highest BCUT2D eigenvalue weighted by atomic mass is 19.4. The molecule has 6 heteroatoms. The summed E-state index contributed by atoms with van der Waals surface area (Å²) in [5.41, 5.74) is 1.24. The third kappa shape index (κ3) is 3.12. The van der Waals surface area contributed by atoms with E-state index in [1.165, 1.54) is 12.1 Å². The van der Waals surface area contributed by atoms with Crippen LogP contribution in [-0.2, 0) is 26.2 Å². The fourth-order valence-corrected chi connectivity index (χ4v) is 2.08. The summed E-state index contributed by atoms with van der Waals surface area (Å²) in [5.74, 6) is 0. The second-order valence-electron chi connectivity index (χ2n) is 4.53. The molecule has 1 aromatic heterocycles. The highest BCUT2D eigenvalue weighted by Gasteiger charge is 2.32. The summed E-state index contributed by atoms with van der Waals surface area (Å²) in [6.45, 7) is 2.07. The third-order valence-electron chi connectivity index (χ3n) is 3.03. The van der Waals surface area contributed by atoms with Crippen LogP contribution in [0.2, 0.25) is 0 Å². The van der Waals surface area contributed by atoms with Gasteiger partial charge in [0.25, 0.3) is 0 Å². The Hall–Kier alpha value is -1.98. The Bertz CT molecular complexity index is 588. The first-order valence-corrected chi connectivity index (χ1v) is 6.33. The number of nitrogens with one attached hydrogen (secondary N) is 1. The van der Waals surface area contributed by atoms with Crippen LogP contribution in [0.5, 0.6) is 0 Å². The van der Waals surface area contributed by atoms with Gasteiger partial charge < -0.3 is 5.32 Å². The zero-order valence-electron chi connectivity index (χ0n) is 11.3. The number of rotatable bonds is 4. The number of nitrogens with zero attached hydrogens (tertiary/aromatic N) is 2. The first-order valence-electron chi connectivity index (χ1n) is 6.33. The van der Waals surface area contributed by atoms with E-state index in [-0.39, 0.29) is 12.1 Å². The lowest BCUT2D eigenvalue weighted by atomic mass is 10.1. The monoisotopic (exact) mass is 283 g/mol. The Morgan fingerprint density at radius 2 is 1.95 bits per heavy atom. The molecule has 0 atom stereocenters. The summed E-state index contributed by atoms with van der Waals surface area (Å²) in [6.07, 6.45) is -1.83. The van der Waals surface area contributed by atoms with Crippen LogP contribution in [-0.4, -0.2) is 9.78 Å². The summed E-state index contributed by atoms with van der Waals surface area (Å²) < 4.78 is 40.3. The van der Waals surface area contributed by atoms with Crippen molar-refractivity contribution < 1.29 is 13.2 Å². The molecule has 20 heavy (non-hydrogen) atoms. The summed E-state index contributed by atoms with van der Waals surface area (Å²) in [5, 5.41) is 7.27. The molecule has 0 radical (unpaired) electrons. The highest BCUT2D eigenvalue weighted by Crippen LogP contribution is 2.32. The smallest absolute Gasteiger partial charge is 0.378 e. The topological polar surface area (TPSA) is 29.9 Å². The number of hydrogen-bond donors (Lipinski definition) is 1. The fraction of sp³-hybridized carbons (Fsp3) is 0.357. The van der Waals surface area contributed by atoms with Crippen molar-refractivity contribution in [2.75, 3.05) is 5.32 Å². The molecule has 0 spiro atoms. The number of aromatic nitrogens is 2. The molecular formula is C14H16F3N3. The molecule has 0 unspecified atom stereocenters. The molecule has 0 saturated heterocycles. The molecule has 1 aromatic carbocycles. The summed E-state index contributed by atoms with van der Waals surface area (Å²) in [6, 6.07) is 5.59. The lowest BCUT2D eigenvalue weighted by molar-refractivity contribution is -0.138. The van der Waals surface area contributed by atoms with Crippen LogP contribution in [0.1, 0.15) is 23.7 Å². The molecule has 1 N–H and O–H groups in total. The van der Waals surface area contributed by atoms with Crippen LogP contribution in [0.4, 0.5) is 18.9 Å². The van der Waals surface area contributed by atoms with Crippen molar-refractivity contribution in [2.45, 2.75) is 26.1 Å². The van der Waals surface area contributed by atoms with Gasteiger partial charge in [-0.1, -0.05) is 25.1 Å². The van der Waals surface area contributed by atoms with E-state index in [9.17, 15) is 13.2 Å². The van der Waals surface area contributed by atoms with Gasteiger partial charge in [-0.2, -0.15) is 18.3 Å². The normalized spacial score (nSPS) is 11.7. The van der Waals surface area contributed by atoms with E-state index in [1.807, 2.05) is 6.92 Å². The van der Waals surface area contributed by atoms with Gasteiger partial charge in [0.05, 0.1) is 16.9 Å². The second-order valence-corrected chi connectivity index (χ2v) is 4.53. The van der Waals surface area contributed by atoms with Crippen LogP contribution in [0.25, 0.3) is 0 Å². The van der Waals surface area contributed by atoms with Gasteiger partial charge in [-0.05, 0) is 18.1 Å². The van der Waals surface area contributed by atoms with Crippen molar-refractivity contribution in [3.8, 4) is 0 Å². The Kier molecular flexibility index (Phi) is 4.01. The molecular weight excluding hydrogens is 267 g/mol.